The molecule has 3 heterocycles. The third kappa shape index (κ3) is 6.43. The highest BCUT2D eigenvalue weighted by Crippen LogP contribution is 2.38. The minimum absolute atomic E-state index is 0.00174. The first kappa shape index (κ1) is 29.1. The highest BCUT2D eigenvalue weighted by Gasteiger charge is 2.25. The number of rotatable bonds is 9. The Kier molecular flexibility index (Phi) is 8.70. The van der Waals surface area contributed by atoms with Crippen LogP contribution in [0.4, 0.5) is 29.0 Å². The van der Waals surface area contributed by atoms with Crippen LogP contribution in [0.5, 0.6) is 5.75 Å². The van der Waals surface area contributed by atoms with Gasteiger partial charge in [0, 0.05) is 12.1 Å². The molecule has 41 heavy (non-hydrogen) atoms. The quantitative estimate of drug-likeness (QED) is 0.240. The third-order valence-electron chi connectivity index (χ3n) is 7.73. The Morgan fingerprint density at radius 1 is 0.976 bits per heavy atom. The summed E-state index contributed by atoms with van der Waals surface area (Å²) in [7, 11) is -3.50. The molecule has 3 aromatic rings. The molecule has 1 saturated heterocycles. The van der Waals surface area contributed by atoms with Crippen molar-refractivity contribution < 1.29 is 13.2 Å². The summed E-state index contributed by atoms with van der Waals surface area (Å²) in [5.74, 6) is 3.02. The zero-order valence-electron chi connectivity index (χ0n) is 24.7. The van der Waals surface area contributed by atoms with E-state index in [0.717, 1.165) is 68.1 Å². The van der Waals surface area contributed by atoms with Crippen LogP contribution in [-0.2, 0) is 16.3 Å². The SMILES string of the molecule is Cc1cc(Nc2nc3c(c(Nc4ccccc4S(=O)(=O)C(C)C)n2)CCCN3)c(OC(C)C)cc1C1CCNCC1. The molecule has 0 spiro atoms. The maximum Gasteiger partial charge on any atom is 0.231 e. The van der Waals surface area contributed by atoms with E-state index in [4.69, 9.17) is 14.7 Å². The predicted octanol–water partition coefficient (Wildman–Crippen LogP) is 6.07. The number of aryl methyl sites for hydroxylation is 1. The summed E-state index contributed by atoms with van der Waals surface area (Å²) in [6, 6.07) is 11.3. The highest BCUT2D eigenvalue weighted by atomic mass is 32.2. The van der Waals surface area contributed by atoms with E-state index in [0.29, 0.717) is 23.4 Å². The molecule has 5 rings (SSSR count). The molecule has 220 valence electrons. The van der Waals surface area contributed by atoms with E-state index in [1.165, 1.54) is 11.1 Å². The van der Waals surface area contributed by atoms with Crippen molar-refractivity contribution in [2.45, 2.75) is 82.5 Å². The number of piperidine rings is 1. The summed E-state index contributed by atoms with van der Waals surface area (Å²) in [5, 5.41) is 13.1. The molecule has 0 aliphatic carbocycles. The van der Waals surface area contributed by atoms with Crippen LogP contribution in [0.15, 0.2) is 41.3 Å². The lowest BCUT2D eigenvalue weighted by atomic mass is 9.87. The lowest BCUT2D eigenvalue weighted by Gasteiger charge is -2.26. The fraction of sp³-hybridized carbons (Fsp3) is 0.484. The molecule has 2 aliphatic heterocycles. The van der Waals surface area contributed by atoms with Gasteiger partial charge in [0.25, 0.3) is 0 Å². The zero-order chi connectivity index (χ0) is 29.1. The van der Waals surface area contributed by atoms with E-state index in [2.05, 4.69) is 40.3 Å². The molecular weight excluding hydrogens is 536 g/mol. The van der Waals surface area contributed by atoms with Crippen LogP contribution in [0, 0.1) is 6.92 Å². The molecule has 0 saturated carbocycles. The molecule has 0 atom stereocenters. The van der Waals surface area contributed by atoms with Crippen molar-refractivity contribution in [2.24, 2.45) is 0 Å². The number of aromatic nitrogens is 2. The van der Waals surface area contributed by atoms with Gasteiger partial charge >= 0.3 is 0 Å². The fourth-order valence-electron chi connectivity index (χ4n) is 5.54. The van der Waals surface area contributed by atoms with Gasteiger partial charge in [-0.05, 0) is 115 Å². The molecule has 2 aromatic carbocycles. The van der Waals surface area contributed by atoms with Gasteiger partial charge in [-0.1, -0.05) is 12.1 Å². The Morgan fingerprint density at radius 3 is 2.46 bits per heavy atom. The summed E-state index contributed by atoms with van der Waals surface area (Å²) >= 11 is 0. The number of anilines is 5. The highest BCUT2D eigenvalue weighted by molar-refractivity contribution is 7.92. The Balaban J connectivity index is 1.53. The smallest absolute Gasteiger partial charge is 0.231 e. The molecule has 0 bridgehead atoms. The monoisotopic (exact) mass is 578 g/mol. The number of para-hydroxylation sites is 1. The topological polar surface area (TPSA) is 117 Å². The number of sulfone groups is 1. The molecule has 1 aromatic heterocycles. The maximum absolute atomic E-state index is 13.1. The standard InChI is InChI=1S/C31H42N6O3S/c1-19(2)40-27-18-24(22-12-15-32-16-13-22)21(5)17-26(27)35-31-36-29-23(9-8-14-33-29)30(37-31)34-25-10-6-7-11-28(25)41(38,39)20(3)4/h6-7,10-11,17-20,22,32H,8-9,12-16H2,1-5H3,(H3,33,34,35,36,37). The van der Waals surface area contributed by atoms with Gasteiger partial charge in [0.05, 0.1) is 27.6 Å². The molecule has 4 N–H and O–H groups in total. The fourth-order valence-corrected chi connectivity index (χ4v) is 6.75. The van der Waals surface area contributed by atoms with Gasteiger partial charge < -0.3 is 26.0 Å². The Bertz CT molecular complexity index is 1500. The van der Waals surface area contributed by atoms with E-state index < -0.39 is 15.1 Å². The number of fused-ring (bicyclic) bond motifs is 1. The van der Waals surface area contributed by atoms with Gasteiger partial charge in [0.1, 0.15) is 17.4 Å². The van der Waals surface area contributed by atoms with Crippen molar-refractivity contribution in [3.8, 4) is 5.75 Å². The van der Waals surface area contributed by atoms with Crippen molar-refractivity contribution in [2.75, 3.05) is 35.6 Å². The van der Waals surface area contributed by atoms with Crippen LogP contribution in [-0.4, -0.2) is 49.4 Å². The lowest BCUT2D eigenvalue weighted by molar-refractivity contribution is 0.243. The molecule has 0 radical (unpaired) electrons. The van der Waals surface area contributed by atoms with Crippen LogP contribution in [0.2, 0.25) is 0 Å². The second-order valence-corrected chi connectivity index (χ2v) is 14.0. The summed E-state index contributed by atoms with van der Waals surface area (Å²) < 4.78 is 32.5. The molecule has 0 unspecified atom stereocenters. The van der Waals surface area contributed by atoms with E-state index in [9.17, 15) is 8.42 Å². The van der Waals surface area contributed by atoms with E-state index in [-0.39, 0.29) is 11.0 Å². The zero-order valence-corrected chi connectivity index (χ0v) is 25.5. The number of ether oxygens (including phenoxy) is 1. The molecule has 10 heteroatoms. The first-order valence-corrected chi connectivity index (χ1v) is 16.2. The van der Waals surface area contributed by atoms with Gasteiger partial charge in [0.15, 0.2) is 9.84 Å². The van der Waals surface area contributed by atoms with Gasteiger partial charge in [0.2, 0.25) is 5.95 Å². The van der Waals surface area contributed by atoms with Crippen LogP contribution in [0.25, 0.3) is 0 Å². The van der Waals surface area contributed by atoms with Gasteiger partial charge in [-0.25, -0.2) is 8.42 Å². The van der Waals surface area contributed by atoms with E-state index >= 15 is 0 Å². The Morgan fingerprint density at radius 2 is 1.73 bits per heavy atom. The second-order valence-electron chi connectivity index (χ2n) is 11.5. The normalized spacial score (nSPS) is 15.9. The minimum atomic E-state index is -3.50. The first-order valence-electron chi connectivity index (χ1n) is 14.7. The van der Waals surface area contributed by atoms with Crippen molar-refractivity contribution in [1.29, 1.82) is 0 Å². The van der Waals surface area contributed by atoms with Crippen LogP contribution >= 0.6 is 0 Å². The molecular formula is C31H42N6O3S. The van der Waals surface area contributed by atoms with Gasteiger partial charge in [-0.15, -0.1) is 0 Å². The summed E-state index contributed by atoms with van der Waals surface area (Å²) in [6.07, 6.45) is 3.94. The average Bonchev–Trinajstić information content (AvgIpc) is 2.95. The average molecular weight is 579 g/mol. The summed E-state index contributed by atoms with van der Waals surface area (Å²) in [6.45, 7) is 12.5. The van der Waals surface area contributed by atoms with Crippen molar-refractivity contribution in [3.05, 3.63) is 53.1 Å². The van der Waals surface area contributed by atoms with Crippen molar-refractivity contribution in [1.82, 2.24) is 15.3 Å². The van der Waals surface area contributed by atoms with Crippen molar-refractivity contribution >= 4 is 38.8 Å². The number of nitrogens with one attached hydrogen (secondary N) is 4. The second kappa shape index (κ2) is 12.2. The van der Waals surface area contributed by atoms with E-state index in [1.54, 1.807) is 32.0 Å². The Hall–Kier alpha value is -3.37. The maximum atomic E-state index is 13.1. The Labute approximate surface area is 243 Å². The summed E-state index contributed by atoms with van der Waals surface area (Å²) in [5.41, 5.74) is 4.78. The number of hydrogen-bond acceptors (Lipinski definition) is 9. The lowest BCUT2D eigenvalue weighted by Crippen LogP contribution is -2.27. The van der Waals surface area contributed by atoms with Gasteiger partial charge in [-0.2, -0.15) is 9.97 Å². The molecule has 1 fully saturated rings. The van der Waals surface area contributed by atoms with Crippen LogP contribution in [0.1, 0.15) is 69.6 Å². The number of hydrogen-bond donors (Lipinski definition) is 4. The third-order valence-corrected chi connectivity index (χ3v) is 9.94. The largest absolute Gasteiger partial charge is 0.489 e. The molecule has 2 aliphatic rings. The predicted molar refractivity (Wildman–Crippen MR) is 166 cm³/mol. The number of benzene rings is 2. The van der Waals surface area contributed by atoms with Crippen molar-refractivity contribution in [3.63, 3.8) is 0 Å². The van der Waals surface area contributed by atoms with Crippen LogP contribution in [0.3, 0.4) is 0 Å². The number of nitrogens with zero attached hydrogens (tertiary/aromatic N) is 2. The molecule has 0 amide bonds. The molecule has 9 nitrogen and oxygen atoms in total. The van der Waals surface area contributed by atoms with E-state index in [1.807, 2.05) is 19.9 Å². The van der Waals surface area contributed by atoms with Gasteiger partial charge in [-0.3, -0.25) is 0 Å². The van der Waals surface area contributed by atoms with Crippen LogP contribution < -0.4 is 26.0 Å². The first-order chi connectivity index (χ1) is 19.6. The minimum Gasteiger partial charge on any atom is -0.489 e. The summed E-state index contributed by atoms with van der Waals surface area (Å²) in [4.78, 5) is 9.95.